The van der Waals surface area contributed by atoms with E-state index in [1.54, 1.807) is 0 Å². The van der Waals surface area contributed by atoms with Crippen LogP contribution in [0, 0.1) is 0 Å². The summed E-state index contributed by atoms with van der Waals surface area (Å²) in [6, 6.07) is 0.545. The Kier molecular flexibility index (Phi) is 2.02. The van der Waals surface area contributed by atoms with E-state index in [0.717, 1.165) is 6.54 Å². The van der Waals surface area contributed by atoms with Crippen LogP contribution in [0.3, 0.4) is 0 Å². The molecular formula is C10H17N3. The fraction of sp³-hybridized carbons (Fsp3) is 0.700. The van der Waals surface area contributed by atoms with Gasteiger partial charge in [-0.15, -0.1) is 0 Å². The molecule has 1 N–H and O–H groups in total. The molecule has 1 aliphatic heterocycles. The standard InChI is InChI=1S/C10H17N3/c1-7(2)9-6-12-13-8(3)4-5-11-10(9)13/h6-8,11H,4-5H2,1-3H3. The Morgan fingerprint density at radius 2 is 2.38 bits per heavy atom. The third-order valence-corrected chi connectivity index (χ3v) is 2.72. The summed E-state index contributed by atoms with van der Waals surface area (Å²) in [7, 11) is 0. The summed E-state index contributed by atoms with van der Waals surface area (Å²) in [6.07, 6.45) is 3.17. The highest BCUT2D eigenvalue weighted by atomic mass is 15.4. The van der Waals surface area contributed by atoms with E-state index in [1.165, 1.54) is 17.8 Å². The maximum atomic E-state index is 4.41. The molecule has 0 amide bonds. The predicted molar refractivity (Wildman–Crippen MR) is 54.1 cm³/mol. The van der Waals surface area contributed by atoms with Gasteiger partial charge >= 0.3 is 0 Å². The van der Waals surface area contributed by atoms with E-state index in [1.807, 2.05) is 6.20 Å². The van der Waals surface area contributed by atoms with Crippen molar-refractivity contribution in [1.29, 1.82) is 0 Å². The van der Waals surface area contributed by atoms with Gasteiger partial charge in [-0.3, -0.25) is 0 Å². The van der Waals surface area contributed by atoms with Gasteiger partial charge in [0.1, 0.15) is 5.82 Å². The van der Waals surface area contributed by atoms with Crippen molar-refractivity contribution in [2.75, 3.05) is 11.9 Å². The summed E-state index contributed by atoms with van der Waals surface area (Å²) >= 11 is 0. The average molecular weight is 179 g/mol. The number of rotatable bonds is 1. The summed E-state index contributed by atoms with van der Waals surface area (Å²) in [5.74, 6) is 1.79. The molecule has 0 aliphatic carbocycles. The van der Waals surface area contributed by atoms with Crippen molar-refractivity contribution in [1.82, 2.24) is 9.78 Å². The summed E-state index contributed by atoms with van der Waals surface area (Å²) in [6.45, 7) is 7.71. The van der Waals surface area contributed by atoms with Gasteiger partial charge in [-0.05, 0) is 19.3 Å². The van der Waals surface area contributed by atoms with Crippen molar-refractivity contribution >= 4 is 5.82 Å². The molecule has 2 rings (SSSR count). The second-order valence-electron chi connectivity index (χ2n) is 4.11. The molecule has 0 radical (unpaired) electrons. The number of fused-ring (bicyclic) bond motifs is 1. The number of aromatic nitrogens is 2. The van der Waals surface area contributed by atoms with Crippen LogP contribution in [-0.2, 0) is 0 Å². The molecule has 0 saturated heterocycles. The molecule has 72 valence electrons. The van der Waals surface area contributed by atoms with Crippen LogP contribution in [0.25, 0.3) is 0 Å². The molecular weight excluding hydrogens is 162 g/mol. The summed E-state index contributed by atoms with van der Waals surface area (Å²) in [5.41, 5.74) is 1.34. The molecule has 0 spiro atoms. The van der Waals surface area contributed by atoms with Gasteiger partial charge in [-0.2, -0.15) is 5.10 Å². The third kappa shape index (κ3) is 1.32. The summed E-state index contributed by atoms with van der Waals surface area (Å²) in [4.78, 5) is 0. The van der Waals surface area contributed by atoms with Crippen molar-refractivity contribution in [3.05, 3.63) is 11.8 Å². The van der Waals surface area contributed by atoms with Gasteiger partial charge in [0.05, 0.1) is 12.2 Å². The number of hydrogen-bond acceptors (Lipinski definition) is 2. The molecule has 1 atom stereocenters. The minimum atomic E-state index is 0.545. The lowest BCUT2D eigenvalue weighted by Gasteiger charge is -2.23. The number of nitrogens with one attached hydrogen (secondary N) is 1. The van der Waals surface area contributed by atoms with Crippen LogP contribution in [0.2, 0.25) is 0 Å². The average Bonchev–Trinajstić information content (AvgIpc) is 2.48. The molecule has 3 heteroatoms. The Hall–Kier alpha value is -0.990. The Morgan fingerprint density at radius 3 is 3.08 bits per heavy atom. The number of hydrogen-bond donors (Lipinski definition) is 1. The molecule has 1 aromatic rings. The lowest BCUT2D eigenvalue weighted by molar-refractivity contribution is 0.452. The van der Waals surface area contributed by atoms with Crippen molar-refractivity contribution in [3.8, 4) is 0 Å². The zero-order chi connectivity index (χ0) is 9.42. The summed E-state index contributed by atoms with van der Waals surface area (Å²) < 4.78 is 2.11. The molecule has 1 unspecified atom stereocenters. The normalized spacial score (nSPS) is 21.4. The maximum Gasteiger partial charge on any atom is 0.128 e. The van der Waals surface area contributed by atoms with Crippen molar-refractivity contribution in [2.24, 2.45) is 0 Å². The van der Waals surface area contributed by atoms with Gasteiger partial charge in [0.2, 0.25) is 0 Å². The van der Waals surface area contributed by atoms with Crippen LogP contribution in [-0.4, -0.2) is 16.3 Å². The first-order valence-electron chi connectivity index (χ1n) is 5.01. The molecule has 2 heterocycles. The first-order valence-corrected chi connectivity index (χ1v) is 5.01. The minimum absolute atomic E-state index is 0.545. The van der Waals surface area contributed by atoms with Crippen molar-refractivity contribution in [2.45, 2.75) is 39.2 Å². The molecule has 0 aromatic carbocycles. The molecule has 0 saturated carbocycles. The minimum Gasteiger partial charge on any atom is -0.370 e. The molecule has 1 aromatic heterocycles. The Balaban J connectivity index is 2.41. The van der Waals surface area contributed by atoms with Gasteiger partial charge in [-0.1, -0.05) is 13.8 Å². The Labute approximate surface area is 79.1 Å². The van der Waals surface area contributed by atoms with E-state index in [0.29, 0.717) is 12.0 Å². The third-order valence-electron chi connectivity index (χ3n) is 2.72. The molecule has 3 nitrogen and oxygen atoms in total. The van der Waals surface area contributed by atoms with Crippen molar-refractivity contribution < 1.29 is 0 Å². The molecule has 0 bridgehead atoms. The van der Waals surface area contributed by atoms with E-state index in [2.05, 4.69) is 35.9 Å². The quantitative estimate of drug-likeness (QED) is 0.717. The lowest BCUT2D eigenvalue weighted by Crippen LogP contribution is -2.22. The van der Waals surface area contributed by atoms with Gasteiger partial charge in [0.15, 0.2) is 0 Å². The van der Waals surface area contributed by atoms with E-state index >= 15 is 0 Å². The van der Waals surface area contributed by atoms with Gasteiger partial charge in [0.25, 0.3) is 0 Å². The van der Waals surface area contributed by atoms with Gasteiger partial charge in [0, 0.05) is 12.1 Å². The lowest BCUT2D eigenvalue weighted by atomic mass is 10.1. The van der Waals surface area contributed by atoms with Crippen LogP contribution >= 0.6 is 0 Å². The van der Waals surface area contributed by atoms with Crippen LogP contribution < -0.4 is 5.32 Å². The highest BCUT2D eigenvalue weighted by Crippen LogP contribution is 2.30. The predicted octanol–water partition coefficient (Wildman–Crippen LogP) is 2.38. The fourth-order valence-corrected chi connectivity index (χ4v) is 1.84. The monoisotopic (exact) mass is 179 g/mol. The van der Waals surface area contributed by atoms with E-state index in [4.69, 9.17) is 0 Å². The van der Waals surface area contributed by atoms with Crippen LogP contribution in [0.15, 0.2) is 6.20 Å². The fourth-order valence-electron chi connectivity index (χ4n) is 1.84. The molecule has 0 fully saturated rings. The SMILES string of the molecule is CC(C)c1cnn2c1NCCC2C. The highest BCUT2D eigenvalue weighted by molar-refractivity contribution is 5.47. The van der Waals surface area contributed by atoms with Crippen molar-refractivity contribution in [3.63, 3.8) is 0 Å². The van der Waals surface area contributed by atoms with Gasteiger partial charge < -0.3 is 5.32 Å². The number of anilines is 1. The second kappa shape index (κ2) is 3.05. The van der Waals surface area contributed by atoms with E-state index < -0.39 is 0 Å². The highest BCUT2D eigenvalue weighted by Gasteiger charge is 2.20. The zero-order valence-corrected chi connectivity index (χ0v) is 8.54. The van der Waals surface area contributed by atoms with Gasteiger partial charge in [-0.25, -0.2) is 4.68 Å². The maximum absolute atomic E-state index is 4.41. The van der Waals surface area contributed by atoms with E-state index in [9.17, 15) is 0 Å². The largest absolute Gasteiger partial charge is 0.370 e. The first kappa shape index (κ1) is 8.60. The van der Waals surface area contributed by atoms with E-state index in [-0.39, 0.29) is 0 Å². The first-order chi connectivity index (χ1) is 6.20. The molecule has 1 aliphatic rings. The Morgan fingerprint density at radius 1 is 1.62 bits per heavy atom. The summed E-state index contributed by atoms with van der Waals surface area (Å²) in [5, 5.41) is 7.84. The molecule has 13 heavy (non-hydrogen) atoms. The van der Waals surface area contributed by atoms with Crippen LogP contribution in [0.5, 0.6) is 0 Å². The number of nitrogens with zero attached hydrogens (tertiary/aromatic N) is 2. The topological polar surface area (TPSA) is 29.9 Å². The zero-order valence-electron chi connectivity index (χ0n) is 8.54. The van der Waals surface area contributed by atoms with Crippen LogP contribution in [0.1, 0.15) is 44.7 Å². The second-order valence-corrected chi connectivity index (χ2v) is 4.11. The van der Waals surface area contributed by atoms with Crippen LogP contribution in [0.4, 0.5) is 5.82 Å². The smallest absolute Gasteiger partial charge is 0.128 e. The Bertz CT molecular complexity index is 288.